The zero-order valence-corrected chi connectivity index (χ0v) is 23.7. The van der Waals surface area contributed by atoms with Crippen molar-refractivity contribution in [2.75, 3.05) is 11.9 Å². The molecule has 2 amide bonds. The van der Waals surface area contributed by atoms with Crippen molar-refractivity contribution < 1.29 is 9.59 Å². The fourth-order valence-corrected chi connectivity index (χ4v) is 4.63. The number of unbranched alkanes of at least 4 members (excludes halogenated alkanes) is 18. The van der Waals surface area contributed by atoms with Crippen LogP contribution in [0.1, 0.15) is 159 Å². The fraction of sp³-hybridized carbons (Fsp3) is 0.750. The highest BCUT2D eigenvalue weighted by Crippen LogP contribution is 2.15. The lowest BCUT2D eigenvalue weighted by Crippen LogP contribution is -2.23. The summed E-state index contributed by atoms with van der Waals surface area (Å²) in [5.74, 6) is -0.00558. The van der Waals surface area contributed by atoms with Gasteiger partial charge in [-0.1, -0.05) is 129 Å². The number of amides is 2. The van der Waals surface area contributed by atoms with Crippen molar-refractivity contribution >= 4 is 17.5 Å². The molecule has 0 radical (unpaired) electrons. The zero-order chi connectivity index (χ0) is 26.1. The Morgan fingerprint density at radius 1 is 0.556 bits per heavy atom. The number of hydrogen-bond acceptors (Lipinski definition) is 2. The van der Waals surface area contributed by atoms with E-state index in [0.29, 0.717) is 18.5 Å². The van der Waals surface area contributed by atoms with Crippen molar-refractivity contribution in [3.8, 4) is 0 Å². The van der Waals surface area contributed by atoms with Crippen LogP contribution in [0.5, 0.6) is 0 Å². The lowest BCUT2D eigenvalue weighted by atomic mass is 10.0. The maximum atomic E-state index is 12.2. The quantitative estimate of drug-likeness (QED) is 0.139. The van der Waals surface area contributed by atoms with E-state index in [1.807, 2.05) is 6.92 Å². The molecule has 0 heterocycles. The van der Waals surface area contributed by atoms with Crippen LogP contribution in [0.25, 0.3) is 0 Å². The second-order valence-corrected chi connectivity index (χ2v) is 10.5. The van der Waals surface area contributed by atoms with Crippen molar-refractivity contribution in [1.29, 1.82) is 0 Å². The molecule has 1 aromatic rings. The van der Waals surface area contributed by atoms with Crippen molar-refractivity contribution in [2.24, 2.45) is 0 Å². The Morgan fingerprint density at radius 2 is 0.972 bits per heavy atom. The fourth-order valence-electron chi connectivity index (χ4n) is 4.63. The van der Waals surface area contributed by atoms with E-state index in [9.17, 15) is 9.59 Å². The first-order valence-corrected chi connectivity index (χ1v) is 15.4. The van der Waals surface area contributed by atoms with Gasteiger partial charge in [0.05, 0.1) is 0 Å². The number of nitrogens with one attached hydrogen (secondary N) is 2. The number of carbonyl (C=O) groups is 2. The van der Waals surface area contributed by atoms with E-state index in [1.54, 1.807) is 24.3 Å². The van der Waals surface area contributed by atoms with Crippen LogP contribution in [0, 0.1) is 0 Å². The van der Waals surface area contributed by atoms with Crippen LogP contribution < -0.4 is 10.6 Å². The minimum atomic E-state index is -0.0659. The highest BCUT2D eigenvalue weighted by molar-refractivity contribution is 5.95. The Hall–Kier alpha value is -1.84. The first kappa shape index (κ1) is 32.2. The molecule has 206 valence electrons. The molecule has 0 bridgehead atoms. The zero-order valence-electron chi connectivity index (χ0n) is 23.7. The van der Waals surface area contributed by atoms with Gasteiger partial charge in [0.2, 0.25) is 5.91 Å². The summed E-state index contributed by atoms with van der Waals surface area (Å²) in [6, 6.07) is 7.13. The minimum absolute atomic E-state index is 0.0603. The number of hydrogen-bond donors (Lipinski definition) is 2. The largest absolute Gasteiger partial charge is 0.352 e. The van der Waals surface area contributed by atoms with E-state index in [4.69, 9.17) is 0 Å². The van der Waals surface area contributed by atoms with Crippen molar-refractivity contribution in [2.45, 2.75) is 149 Å². The Bertz CT molecular complexity index is 657. The third kappa shape index (κ3) is 18.4. The Kier molecular flexibility index (Phi) is 21.1. The van der Waals surface area contributed by atoms with Crippen LogP contribution in [-0.2, 0) is 4.79 Å². The highest BCUT2D eigenvalue weighted by Gasteiger charge is 2.06. The van der Waals surface area contributed by atoms with Crippen molar-refractivity contribution in [1.82, 2.24) is 5.32 Å². The molecule has 0 atom stereocenters. The molecule has 0 aliphatic carbocycles. The number of carbonyl (C=O) groups excluding carboxylic acids is 2. The number of anilines is 1. The molecule has 0 fully saturated rings. The minimum Gasteiger partial charge on any atom is -0.352 e. The van der Waals surface area contributed by atoms with Gasteiger partial charge >= 0.3 is 0 Å². The normalized spacial score (nSPS) is 10.9. The van der Waals surface area contributed by atoms with Crippen molar-refractivity contribution in [3.05, 3.63) is 29.8 Å². The van der Waals surface area contributed by atoms with Crippen LogP contribution in [0.3, 0.4) is 0 Å². The van der Waals surface area contributed by atoms with Crippen molar-refractivity contribution in [3.63, 3.8) is 0 Å². The monoisotopic (exact) mass is 500 g/mol. The molecule has 0 aliphatic heterocycles. The van der Waals surface area contributed by atoms with Gasteiger partial charge in [0.1, 0.15) is 0 Å². The molecule has 2 N–H and O–H groups in total. The number of rotatable bonds is 24. The summed E-state index contributed by atoms with van der Waals surface area (Å²) in [5.41, 5.74) is 1.38. The summed E-state index contributed by atoms with van der Waals surface area (Å²) in [6.45, 7) is 4.99. The molecule has 0 aliphatic rings. The van der Waals surface area contributed by atoms with Crippen LogP contribution in [-0.4, -0.2) is 18.4 Å². The second kappa shape index (κ2) is 23.6. The molecule has 0 aromatic heterocycles. The van der Waals surface area contributed by atoms with Gasteiger partial charge in [-0.05, 0) is 37.1 Å². The van der Waals surface area contributed by atoms with E-state index >= 15 is 0 Å². The van der Waals surface area contributed by atoms with E-state index in [0.717, 1.165) is 24.9 Å². The van der Waals surface area contributed by atoms with E-state index in [1.165, 1.54) is 109 Å². The molecular formula is C32H56N2O2. The molecule has 0 unspecified atom stereocenters. The van der Waals surface area contributed by atoms with Crippen LogP contribution >= 0.6 is 0 Å². The third-order valence-corrected chi connectivity index (χ3v) is 6.97. The summed E-state index contributed by atoms with van der Waals surface area (Å²) in [4.78, 5) is 24.1. The van der Waals surface area contributed by atoms with E-state index < -0.39 is 0 Å². The van der Waals surface area contributed by atoms with E-state index in [-0.39, 0.29) is 11.8 Å². The molecule has 0 spiro atoms. The number of benzene rings is 1. The molecule has 0 saturated carbocycles. The summed E-state index contributed by atoms with van der Waals surface area (Å²) >= 11 is 0. The predicted molar refractivity (Wildman–Crippen MR) is 156 cm³/mol. The smallest absolute Gasteiger partial charge is 0.251 e. The first-order valence-electron chi connectivity index (χ1n) is 15.4. The van der Waals surface area contributed by atoms with Gasteiger partial charge in [-0.3, -0.25) is 9.59 Å². The molecular weight excluding hydrogens is 444 g/mol. The van der Waals surface area contributed by atoms with Crippen LogP contribution in [0.2, 0.25) is 0 Å². The second-order valence-electron chi connectivity index (χ2n) is 10.5. The van der Waals surface area contributed by atoms with Gasteiger partial charge in [0, 0.05) is 24.2 Å². The Morgan fingerprint density at radius 3 is 1.39 bits per heavy atom. The molecule has 1 aromatic carbocycles. The van der Waals surface area contributed by atoms with Gasteiger partial charge < -0.3 is 10.6 Å². The SMILES string of the molecule is CCCCCCCCCCCCCCCCCCCCCC(=O)Nc1ccc(C(=O)NCCC)cc1. The lowest BCUT2D eigenvalue weighted by molar-refractivity contribution is -0.116. The third-order valence-electron chi connectivity index (χ3n) is 6.97. The van der Waals surface area contributed by atoms with Crippen LogP contribution in [0.15, 0.2) is 24.3 Å². The predicted octanol–water partition coefficient (Wildman–Crippen LogP) is 9.59. The molecule has 0 saturated heterocycles. The Labute approximate surface area is 222 Å². The van der Waals surface area contributed by atoms with Crippen LogP contribution in [0.4, 0.5) is 5.69 Å². The lowest BCUT2D eigenvalue weighted by Gasteiger charge is -2.07. The maximum Gasteiger partial charge on any atom is 0.251 e. The maximum absolute atomic E-state index is 12.2. The molecule has 36 heavy (non-hydrogen) atoms. The summed E-state index contributed by atoms with van der Waals surface area (Å²) in [6.07, 6.45) is 27.3. The first-order chi connectivity index (χ1) is 17.7. The molecule has 4 nitrogen and oxygen atoms in total. The average Bonchev–Trinajstić information content (AvgIpc) is 2.89. The molecule has 4 heteroatoms. The van der Waals surface area contributed by atoms with Gasteiger partial charge in [-0.15, -0.1) is 0 Å². The standard InChI is InChI=1S/C32H56N2O2/c1-3-5-6-7-8-9-10-11-12-13-14-15-16-17-18-19-20-21-22-23-31(35)34-30-26-24-29(25-27-30)32(36)33-28-4-2/h24-27H,3-23,28H2,1-2H3,(H,33,36)(H,34,35). The topological polar surface area (TPSA) is 58.2 Å². The Balaban J connectivity index is 1.87. The molecule has 1 rings (SSSR count). The highest BCUT2D eigenvalue weighted by atomic mass is 16.2. The van der Waals surface area contributed by atoms with E-state index in [2.05, 4.69) is 17.6 Å². The van der Waals surface area contributed by atoms with Gasteiger partial charge in [-0.25, -0.2) is 0 Å². The average molecular weight is 501 g/mol. The van der Waals surface area contributed by atoms with Gasteiger partial charge in [0.15, 0.2) is 0 Å². The summed E-state index contributed by atoms with van der Waals surface area (Å²) in [5, 5.41) is 5.80. The van der Waals surface area contributed by atoms with Gasteiger partial charge in [-0.2, -0.15) is 0 Å². The summed E-state index contributed by atoms with van der Waals surface area (Å²) < 4.78 is 0. The van der Waals surface area contributed by atoms with Gasteiger partial charge in [0.25, 0.3) is 5.91 Å². The summed E-state index contributed by atoms with van der Waals surface area (Å²) in [7, 11) is 0.